The second-order valence-corrected chi connectivity index (χ2v) is 7.30. The molecule has 0 saturated carbocycles. The summed E-state index contributed by atoms with van der Waals surface area (Å²) in [5.74, 6) is -0.211. The molecule has 0 spiro atoms. The van der Waals surface area contributed by atoms with E-state index in [-0.39, 0.29) is 5.91 Å². The molecular weight excluding hydrogens is 312 g/mol. The van der Waals surface area contributed by atoms with Crippen molar-refractivity contribution in [2.24, 2.45) is 0 Å². The van der Waals surface area contributed by atoms with Gasteiger partial charge in [0.05, 0.1) is 4.91 Å². The minimum Gasteiger partial charge on any atom is -0.371 e. The third kappa shape index (κ3) is 3.36. The molecule has 0 unspecified atom stereocenters. The fourth-order valence-electron chi connectivity index (χ4n) is 2.91. The Morgan fingerprint density at radius 3 is 3.05 bits per heavy atom. The third-order valence-corrected chi connectivity index (χ3v) is 5.12. The largest absolute Gasteiger partial charge is 0.371 e. The summed E-state index contributed by atoms with van der Waals surface area (Å²) in [6, 6.07) is 6.48. The molecule has 0 aliphatic carbocycles. The van der Waals surface area contributed by atoms with Gasteiger partial charge in [-0.2, -0.15) is 5.32 Å². The molecule has 1 aromatic rings. The van der Waals surface area contributed by atoms with Gasteiger partial charge in [0, 0.05) is 18.8 Å². The average Bonchev–Trinajstić information content (AvgIpc) is 2.82. The van der Waals surface area contributed by atoms with Crippen LogP contribution in [-0.4, -0.2) is 23.3 Å². The van der Waals surface area contributed by atoms with Gasteiger partial charge in [-0.25, -0.2) is 0 Å². The number of thiocarbonyl (C=S) groups is 1. The van der Waals surface area contributed by atoms with Crippen molar-refractivity contribution in [3.63, 3.8) is 0 Å². The van der Waals surface area contributed by atoms with Gasteiger partial charge in [-0.3, -0.25) is 4.79 Å². The van der Waals surface area contributed by atoms with E-state index < -0.39 is 0 Å². The molecule has 3 nitrogen and oxygen atoms in total. The fourth-order valence-corrected chi connectivity index (χ4v) is 3.90. The Hall–Kier alpha value is -1.33. The van der Waals surface area contributed by atoms with E-state index in [1.165, 1.54) is 42.3 Å². The van der Waals surface area contributed by atoms with Crippen molar-refractivity contribution in [1.82, 2.24) is 5.32 Å². The standard InChI is InChI=1S/C17H19N2OS2/c1-2-3-8-19-9-4-5-13-10-12(6-7-14(13)19)11-15-16(20)18-17(21)22-15/h6-7,10-11H,2-5,8-9H2,1H3. The zero-order valence-electron chi connectivity index (χ0n) is 12.7. The van der Waals surface area contributed by atoms with Gasteiger partial charge >= 0.3 is 0 Å². The van der Waals surface area contributed by atoms with Gasteiger partial charge in [0.1, 0.15) is 0 Å². The van der Waals surface area contributed by atoms with Crippen molar-refractivity contribution in [3.05, 3.63) is 34.2 Å². The van der Waals surface area contributed by atoms with E-state index in [1.807, 2.05) is 6.08 Å². The third-order valence-electron chi connectivity index (χ3n) is 4.00. The van der Waals surface area contributed by atoms with E-state index in [0.29, 0.717) is 9.23 Å². The summed E-state index contributed by atoms with van der Waals surface area (Å²) in [6.07, 6.45) is 6.66. The number of benzene rings is 1. The SMILES string of the molecule is CCCCN1CCCc2cc(C=C3SC(=S)[N]C3=O)ccc21. The van der Waals surface area contributed by atoms with Gasteiger partial charge in [0.25, 0.3) is 5.91 Å². The summed E-state index contributed by atoms with van der Waals surface area (Å²) < 4.78 is 0.417. The van der Waals surface area contributed by atoms with Crippen molar-refractivity contribution < 1.29 is 4.79 Å². The van der Waals surface area contributed by atoms with Gasteiger partial charge in [-0.05, 0) is 60.8 Å². The van der Waals surface area contributed by atoms with Gasteiger partial charge in [-0.15, -0.1) is 0 Å². The smallest absolute Gasteiger partial charge is 0.285 e. The maximum Gasteiger partial charge on any atom is 0.285 e. The van der Waals surface area contributed by atoms with Crippen LogP contribution < -0.4 is 10.2 Å². The molecule has 22 heavy (non-hydrogen) atoms. The van der Waals surface area contributed by atoms with E-state index >= 15 is 0 Å². The number of unbranched alkanes of at least 4 members (excludes halogenated alkanes) is 1. The number of carbonyl (C=O) groups excluding carboxylic acids is 1. The van der Waals surface area contributed by atoms with E-state index in [1.54, 1.807) is 0 Å². The van der Waals surface area contributed by atoms with E-state index in [0.717, 1.165) is 25.1 Å². The Morgan fingerprint density at radius 1 is 1.45 bits per heavy atom. The van der Waals surface area contributed by atoms with Crippen LogP contribution >= 0.6 is 24.0 Å². The summed E-state index contributed by atoms with van der Waals surface area (Å²) in [5.41, 5.74) is 3.80. The summed E-state index contributed by atoms with van der Waals surface area (Å²) in [4.78, 5) is 14.8. The minimum absolute atomic E-state index is 0.211. The van der Waals surface area contributed by atoms with E-state index in [2.05, 4.69) is 35.3 Å². The van der Waals surface area contributed by atoms with Crippen LogP contribution in [0.1, 0.15) is 37.3 Å². The first-order valence-corrected chi connectivity index (χ1v) is 8.97. The highest BCUT2D eigenvalue weighted by molar-refractivity contribution is 8.26. The van der Waals surface area contributed by atoms with Crippen LogP contribution in [0.2, 0.25) is 0 Å². The maximum atomic E-state index is 11.7. The molecule has 2 heterocycles. The zero-order chi connectivity index (χ0) is 15.5. The zero-order valence-corrected chi connectivity index (χ0v) is 14.3. The highest BCUT2D eigenvalue weighted by Crippen LogP contribution is 2.31. The highest BCUT2D eigenvalue weighted by atomic mass is 32.2. The molecule has 0 bridgehead atoms. The molecule has 3 rings (SSSR count). The molecule has 115 valence electrons. The Morgan fingerprint density at radius 2 is 2.32 bits per heavy atom. The first kappa shape index (κ1) is 15.6. The van der Waals surface area contributed by atoms with Crippen LogP contribution in [0.15, 0.2) is 23.1 Å². The number of hydrogen-bond acceptors (Lipinski definition) is 4. The molecule has 1 aromatic carbocycles. The highest BCUT2D eigenvalue weighted by Gasteiger charge is 2.24. The van der Waals surface area contributed by atoms with Crippen LogP contribution in [0, 0.1) is 0 Å². The molecule has 2 aliphatic rings. The van der Waals surface area contributed by atoms with Crippen molar-refractivity contribution >= 4 is 46.0 Å². The molecule has 5 heteroatoms. The molecule has 1 radical (unpaired) electrons. The number of thioether (sulfide) groups is 1. The maximum absolute atomic E-state index is 11.7. The Bertz CT molecular complexity index is 640. The molecule has 0 atom stereocenters. The lowest BCUT2D eigenvalue weighted by Crippen LogP contribution is -2.30. The van der Waals surface area contributed by atoms with Gasteiger partial charge in [0.2, 0.25) is 0 Å². The number of nitrogens with zero attached hydrogens (tertiary/aromatic N) is 2. The molecular formula is C17H19N2OS2. The van der Waals surface area contributed by atoms with Gasteiger partial charge in [-0.1, -0.05) is 31.2 Å². The topological polar surface area (TPSA) is 34.4 Å². The second-order valence-electron chi connectivity index (χ2n) is 5.63. The monoisotopic (exact) mass is 331 g/mol. The lowest BCUT2D eigenvalue weighted by Gasteiger charge is -2.31. The average molecular weight is 331 g/mol. The van der Waals surface area contributed by atoms with Crippen LogP contribution in [0.4, 0.5) is 5.69 Å². The number of amides is 1. The number of carbonyl (C=O) groups is 1. The normalized spacial score (nSPS) is 19.5. The first-order valence-electron chi connectivity index (χ1n) is 7.75. The van der Waals surface area contributed by atoms with E-state index in [9.17, 15) is 4.79 Å². The predicted molar refractivity (Wildman–Crippen MR) is 97.2 cm³/mol. The summed E-state index contributed by atoms with van der Waals surface area (Å²) in [5, 5.41) is 3.78. The van der Waals surface area contributed by atoms with Crippen molar-refractivity contribution in [1.29, 1.82) is 0 Å². The lowest BCUT2D eigenvalue weighted by atomic mass is 9.98. The quantitative estimate of drug-likeness (QED) is 0.622. The van der Waals surface area contributed by atoms with Gasteiger partial charge in [0.15, 0.2) is 4.32 Å². The molecule has 1 amide bonds. The predicted octanol–water partition coefficient (Wildman–Crippen LogP) is 3.74. The molecule has 2 aliphatic heterocycles. The summed E-state index contributed by atoms with van der Waals surface area (Å²) >= 11 is 6.25. The molecule has 1 fully saturated rings. The lowest BCUT2D eigenvalue weighted by molar-refractivity contribution is -0.115. The van der Waals surface area contributed by atoms with Crippen LogP contribution in [0.3, 0.4) is 0 Å². The van der Waals surface area contributed by atoms with Gasteiger partial charge < -0.3 is 4.90 Å². The first-order chi connectivity index (χ1) is 10.7. The Kier molecular flexibility index (Phi) is 4.84. The summed E-state index contributed by atoms with van der Waals surface area (Å²) in [6.45, 7) is 4.51. The molecule has 1 saturated heterocycles. The minimum atomic E-state index is -0.211. The van der Waals surface area contributed by atoms with Crippen molar-refractivity contribution in [2.75, 3.05) is 18.0 Å². The van der Waals surface area contributed by atoms with E-state index in [4.69, 9.17) is 12.2 Å². The molecule has 0 N–H and O–H groups in total. The van der Waals surface area contributed by atoms with Crippen LogP contribution in [0.5, 0.6) is 0 Å². The number of aryl methyl sites for hydroxylation is 1. The van der Waals surface area contributed by atoms with Crippen molar-refractivity contribution in [2.45, 2.75) is 32.6 Å². The molecule has 0 aromatic heterocycles. The number of hydrogen-bond donors (Lipinski definition) is 0. The van der Waals surface area contributed by atoms with Crippen LogP contribution in [-0.2, 0) is 11.2 Å². The Labute approximate surface area is 141 Å². The fraction of sp³-hybridized carbons (Fsp3) is 0.412. The summed E-state index contributed by atoms with van der Waals surface area (Å²) in [7, 11) is 0. The second kappa shape index (κ2) is 6.84. The van der Waals surface area contributed by atoms with Crippen LogP contribution in [0.25, 0.3) is 6.08 Å². The van der Waals surface area contributed by atoms with Crippen molar-refractivity contribution in [3.8, 4) is 0 Å². The number of anilines is 1. The number of rotatable bonds is 4. The number of fused-ring (bicyclic) bond motifs is 1. The Balaban J connectivity index is 1.83.